The van der Waals surface area contributed by atoms with E-state index in [0.29, 0.717) is 5.56 Å². The maximum Gasteiger partial charge on any atom is 0.338 e. The number of halogens is 1. The van der Waals surface area contributed by atoms with E-state index in [1.165, 1.54) is 25.4 Å². The number of nitrogen functional groups attached to an aromatic ring is 1. The molecule has 0 saturated carbocycles. The van der Waals surface area contributed by atoms with E-state index in [1.54, 1.807) is 6.92 Å². The number of esters is 1. The summed E-state index contributed by atoms with van der Waals surface area (Å²) in [5, 5.41) is 0. The summed E-state index contributed by atoms with van der Waals surface area (Å²) in [4.78, 5) is 19.5. The molecule has 0 spiro atoms. The van der Waals surface area contributed by atoms with E-state index in [-0.39, 0.29) is 22.9 Å². The van der Waals surface area contributed by atoms with Crippen molar-refractivity contribution in [3.63, 3.8) is 0 Å². The van der Waals surface area contributed by atoms with Crippen LogP contribution in [0.15, 0.2) is 24.4 Å². The van der Waals surface area contributed by atoms with Crippen molar-refractivity contribution in [3.8, 4) is 5.88 Å². The van der Waals surface area contributed by atoms with Crippen LogP contribution in [0.3, 0.4) is 0 Å². The van der Waals surface area contributed by atoms with Crippen molar-refractivity contribution in [1.82, 2.24) is 9.97 Å². The number of hydrogen-bond acceptors (Lipinski definition) is 6. The van der Waals surface area contributed by atoms with Crippen LogP contribution >= 0.6 is 0 Å². The second-order valence-corrected chi connectivity index (χ2v) is 4.47. The summed E-state index contributed by atoms with van der Waals surface area (Å²) in [6.45, 7) is 1.62. The first-order valence-corrected chi connectivity index (χ1v) is 6.34. The number of carbonyl (C=O) groups is 1. The van der Waals surface area contributed by atoms with Crippen molar-refractivity contribution in [1.29, 1.82) is 0 Å². The number of rotatable bonds is 4. The average Bonchev–Trinajstić information content (AvgIpc) is 2.50. The van der Waals surface area contributed by atoms with Crippen LogP contribution in [0, 0.1) is 5.82 Å². The number of benzene rings is 1. The molecule has 1 unspecified atom stereocenters. The van der Waals surface area contributed by atoms with Crippen LogP contribution in [0.5, 0.6) is 5.88 Å². The summed E-state index contributed by atoms with van der Waals surface area (Å²) in [6, 6.07) is 3.68. The Kier molecular flexibility index (Phi) is 4.60. The quantitative estimate of drug-likeness (QED) is 0.667. The second kappa shape index (κ2) is 6.42. The number of nitrogens with two attached hydrogens (primary N) is 1. The van der Waals surface area contributed by atoms with E-state index in [0.717, 1.165) is 6.07 Å². The van der Waals surface area contributed by atoms with Gasteiger partial charge in [0, 0.05) is 17.4 Å². The maximum atomic E-state index is 13.5. The highest BCUT2D eigenvalue weighted by Crippen LogP contribution is 2.26. The number of methoxy groups -OCH3 is 1. The molecule has 2 rings (SSSR count). The molecule has 0 aliphatic rings. The third-order valence-corrected chi connectivity index (χ3v) is 2.93. The summed E-state index contributed by atoms with van der Waals surface area (Å²) in [5.74, 6) is -1.06. The molecule has 1 aromatic carbocycles. The van der Waals surface area contributed by atoms with Gasteiger partial charge in [0.15, 0.2) is 5.82 Å². The molecule has 6 nitrogen and oxygen atoms in total. The number of aromatic nitrogens is 2. The lowest BCUT2D eigenvalue weighted by Crippen LogP contribution is -2.17. The zero-order valence-electron chi connectivity index (χ0n) is 12.0. The summed E-state index contributed by atoms with van der Waals surface area (Å²) >= 11 is 0. The lowest BCUT2D eigenvalue weighted by Gasteiger charge is -2.18. The van der Waals surface area contributed by atoms with Gasteiger partial charge in [-0.1, -0.05) is 0 Å². The molecule has 22 heavy (non-hydrogen) atoms. The van der Waals surface area contributed by atoms with Gasteiger partial charge >= 0.3 is 5.97 Å². The molecular weight excluding hydrogens is 288 g/mol. The zero-order valence-corrected chi connectivity index (χ0v) is 12.0. The first-order chi connectivity index (χ1) is 10.4. The van der Waals surface area contributed by atoms with Gasteiger partial charge in [-0.15, -0.1) is 0 Å². The largest absolute Gasteiger partial charge is 0.467 e. The Morgan fingerprint density at radius 1 is 1.45 bits per heavy atom. The van der Waals surface area contributed by atoms with Gasteiger partial charge in [0.2, 0.25) is 0 Å². The van der Waals surface area contributed by atoms with Crippen molar-refractivity contribution >= 4 is 25.2 Å². The zero-order chi connectivity index (χ0) is 16.3. The Labute approximate surface area is 127 Å². The van der Waals surface area contributed by atoms with Gasteiger partial charge in [0.25, 0.3) is 5.88 Å². The highest BCUT2D eigenvalue weighted by Gasteiger charge is 2.20. The fraction of sp³-hybridized carbons (Fsp3) is 0.214. The van der Waals surface area contributed by atoms with E-state index < -0.39 is 17.9 Å². The van der Waals surface area contributed by atoms with Gasteiger partial charge in [-0.05, 0) is 25.1 Å². The summed E-state index contributed by atoms with van der Waals surface area (Å²) < 4.78 is 23.7. The van der Waals surface area contributed by atoms with Crippen LogP contribution in [0.2, 0.25) is 0 Å². The lowest BCUT2D eigenvalue weighted by molar-refractivity contribution is 0.0595. The van der Waals surface area contributed by atoms with Crippen LogP contribution in [-0.4, -0.2) is 30.9 Å². The molecule has 1 aromatic heterocycles. The van der Waals surface area contributed by atoms with Gasteiger partial charge in [-0.2, -0.15) is 0 Å². The monoisotopic (exact) mass is 301 g/mol. The standard InChI is InChI=1S/C14H13BFN3O3/c1-7(22-13-12(17)18-6-11(15)19-13)10-5-8(16)3-4-9(10)14(20)21-2/h3-7H,1-2H3,(H2,17,18). The van der Waals surface area contributed by atoms with E-state index in [4.69, 9.17) is 18.3 Å². The lowest BCUT2D eigenvalue weighted by atomic mass is 10.0. The molecule has 1 atom stereocenters. The molecule has 1 heterocycles. The molecular formula is C14H13BFN3O3. The van der Waals surface area contributed by atoms with Crippen molar-refractivity contribution in [2.24, 2.45) is 0 Å². The second-order valence-electron chi connectivity index (χ2n) is 4.47. The molecule has 2 N–H and O–H groups in total. The van der Waals surface area contributed by atoms with Crippen LogP contribution in [0.4, 0.5) is 10.2 Å². The molecule has 0 aliphatic heterocycles. The van der Waals surface area contributed by atoms with Crippen LogP contribution in [0.1, 0.15) is 28.9 Å². The first kappa shape index (κ1) is 15.7. The van der Waals surface area contributed by atoms with Crippen molar-refractivity contribution in [2.75, 3.05) is 12.8 Å². The molecule has 112 valence electrons. The van der Waals surface area contributed by atoms with Crippen LogP contribution in [0.25, 0.3) is 0 Å². The van der Waals surface area contributed by atoms with E-state index in [2.05, 4.69) is 14.7 Å². The van der Waals surface area contributed by atoms with E-state index in [9.17, 15) is 9.18 Å². The van der Waals surface area contributed by atoms with Crippen molar-refractivity contribution in [2.45, 2.75) is 13.0 Å². The summed E-state index contributed by atoms with van der Waals surface area (Å²) in [6.07, 6.45) is 0.567. The van der Waals surface area contributed by atoms with Gasteiger partial charge in [-0.3, -0.25) is 0 Å². The number of carbonyl (C=O) groups excluding carboxylic acids is 1. The Bertz CT molecular complexity index is 712. The first-order valence-electron chi connectivity index (χ1n) is 6.34. The highest BCUT2D eigenvalue weighted by molar-refractivity contribution is 6.30. The third-order valence-electron chi connectivity index (χ3n) is 2.93. The van der Waals surface area contributed by atoms with E-state index >= 15 is 0 Å². The molecule has 2 aromatic rings. The Morgan fingerprint density at radius 2 is 2.18 bits per heavy atom. The number of anilines is 1. The van der Waals surface area contributed by atoms with Crippen molar-refractivity contribution in [3.05, 3.63) is 41.3 Å². The van der Waals surface area contributed by atoms with Crippen LogP contribution < -0.4 is 16.1 Å². The topological polar surface area (TPSA) is 87.3 Å². The SMILES string of the molecule is [B]c1cnc(N)c(OC(C)c2cc(F)ccc2C(=O)OC)n1. The Hall–Kier alpha value is -2.64. The van der Waals surface area contributed by atoms with Gasteiger partial charge in [-0.25, -0.2) is 19.2 Å². The molecule has 0 bridgehead atoms. The number of hydrogen-bond donors (Lipinski definition) is 1. The van der Waals surface area contributed by atoms with Gasteiger partial charge in [0.1, 0.15) is 19.8 Å². The van der Waals surface area contributed by atoms with Crippen molar-refractivity contribution < 1.29 is 18.7 Å². The third kappa shape index (κ3) is 3.33. The van der Waals surface area contributed by atoms with Crippen LogP contribution in [-0.2, 0) is 4.74 Å². The minimum atomic E-state index is -0.719. The minimum absolute atomic E-state index is 0.00702. The fourth-order valence-corrected chi connectivity index (χ4v) is 1.88. The predicted octanol–water partition coefficient (Wildman–Crippen LogP) is 0.918. The Balaban J connectivity index is 2.36. The summed E-state index contributed by atoms with van der Waals surface area (Å²) in [5.41, 5.74) is 6.27. The van der Waals surface area contributed by atoms with Gasteiger partial charge < -0.3 is 15.2 Å². The fourth-order valence-electron chi connectivity index (χ4n) is 1.88. The van der Waals surface area contributed by atoms with Gasteiger partial charge in [0.05, 0.1) is 12.7 Å². The molecule has 0 aliphatic carbocycles. The molecule has 0 saturated heterocycles. The molecule has 0 fully saturated rings. The minimum Gasteiger partial charge on any atom is -0.467 e. The normalized spacial score (nSPS) is 11.8. The Morgan fingerprint density at radius 3 is 2.86 bits per heavy atom. The average molecular weight is 301 g/mol. The maximum absolute atomic E-state index is 13.5. The highest BCUT2D eigenvalue weighted by atomic mass is 19.1. The number of nitrogens with zero attached hydrogens (tertiary/aromatic N) is 2. The smallest absolute Gasteiger partial charge is 0.338 e. The molecule has 8 heteroatoms. The summed E-state index contributed by atoms with van der Waals surface area (Å²) in [7, 11) is 6.76. The predicted molar refractivity (Wildman–Crippen MR) is 78.6 cm³/mol. The number of ether oxygens (including phenoxy) is 2. The molecule has 0 amide bonds. The van der Waals surface area contributed by atoms with E-state index in [1.807, 2.05) is 0 Å². The molecule has 2 radical (unpaired) electrons.